The first-order valence-corrected chi connectivity index (χ1v) is 5.68. The number of methoxy groups -OCH3 is 1. The van der Waals surface area contributed by atoms with Crippen LogP contribution in [0.2, 0.25) is 0 Å². The second-order valence-corrected chi connectivity index (χ2v) is 4.52. The Hall–Kier alpha value is -1.71. The zero-order valence-corrected chi connectivity index (χ0v) is 10.6. The molecule has 0 radical (unpaired) electrons. The van der Waals surface area contributed by atoms with Crippen LogP contribution >= 0.6 is 0 Å². The summed E-state index contributed by atoms with van der Waals surface area (Å²) in [5, 5.41) is 2.76. The lowest BCUT2D eigenvalue weighted by molar-refractivity contribution is 0.150. The van der Waals surface area contributed by atoms with E-state index in [-0.39, 0.29) is 6.09 Å². The number of carbonyl (C=O) groups excluding carboxylic acids is 1. The minimum atomic E-state index is -0.388. The molecule has 0 unspecified atom stereocenters. The van der Waals surface area contributed by atoms with Gasteiger partial charge < -0.3 is 9.47 Å². The van der Waals surface area contributed by atoms with E-state index in [4.69, 9.17) is 9.47 Å². The molecule has 2 rings (SSSR count). The highest BCUT2D eigenvalue weighted by molar-refractivity contribution is 5.89. The van der Waals surface area contributed by atoms with E-state index >= 15 is 0 Å². The van der Waals surface area contributed by atoms with E-state index in [1.165, 1.54) is 0 Å². The molecule has 1 heterocycles. The summed E-state index contributed by atoms with van der Waals surface area (Å²) in [7, 11) is 1.66. The first kappa shape index (κ1) is 11.8. The molecule has 0 spiro atoms. The van der Waals surface area contributed by atoms with Crippen LogP contribution in [0.1, 0.15) is 36.5 Å². The van der Waals surface area contributed by atoms with Crippen molar-refractivity contribution in [3.63, 3.8) is 0 Å². The maximum absolute atomic E-state index is 11.2. The Labute approximate surface area is 101 Å². The van der Waals surface area contributed by atoms with E-state index in [1.54, 1.807) is 7.11 Å². The number of anilines is 1. The van der Waals surface area contributed by atoms with E-state index in [9.17, 15) is 4.79 Å². The molecule has 0 bridgehead atoms. The smallest absolute Gasteiger partial charge is 0.411 e. The molecule has 0 atom stereocenters. The molecule has 0 saturated heterocycles. The fourth-order valence-corrected chi connectivity index (χ4v) is 2.27. The highest BCUT2D eigenvalue weighted by Crippen LogP contribution is 2.39. The van der Waals surface area contributed by atoms with Gasteiger partial charge in [0.1, 0.15) is 12.4 Å². The third-order valence-electron chi connectivity index (χ3n) is 3.01. The van der Waals surface area contributed by atoms with Gasteiger partial charge in [0.2, 0.25) is 0 Å². The van der Waals surface area contributed by atoms with Crippen LogP contribution in [0, 0.1) is 6.92 Å². The number of aryl methyl sites for hydroxylation is 1. The number of cyclic esters (lactones) is 1. The topological polar surface area (TPSA) is 47.6 Å². The lowest BCUT2D eigenvalue weighted by Crippen LogP contribution is -2.23. The van der Waals surface area contributed by atoms with Crippen LogP contribution in [0.25, 0.3) is 0 Å². The number of nitrogens with one attached hydrogen (secondary N) is 1. The molecular formula is C13H17NO3. The lowest BCUT2D eigenvalue weighted by atomic mass is 9.92. The molecule has 17 heavy (non-hydrogen) atoms. The minimum absolute atomic E-state index is 0.312. The molecule has 92 valence electrons. The molecule has 0 aliphatic carbocycles. The van der Waals surface area contributed by atoms with Gasteiger partial charge in [-0.15, -0.1) is 0 Å². The van der Waals surface area contributed by atoms with Crippen LogP contribution in [0.4, 0.5) is 10.5 Å². The summed E-state index contributed by atoms with van der Waals surface area (Å²) in [6.07, 6.45) is -0.388. The van der Waals surface area contributed by atoms with Crippen LogP contribution in [0.15, 0.2) is 6.07 Å². The summed E-state index contributed by atoms with van der Waals surface area (Å²) in [5.41, 5.74) is 3.99. The van der Waals surface area contributed by atoms with Gasteiger partial charge in [0.25, 0.3) is 0 Å². The molecule has 0 saturated carbocycles. The van der Waals surface area contributed by atoms with Gasteiger partial charge in [-0.25, -0.2) is 4.79 Å². The van der Waals surface area contributed by atoms with Gasteiger partial charge in [0.15, 0.2) is 0 Å². The lowest BCUT2D eigenvalue weighted by Gasteiger charge is -2.25. The van der Waals surface area contributed by atoms with Crippen LogP contribution < -0.4 is 10.1 Å². The number of fused-ring (bicyclic) bond motifs is 1. The Morgan fingerprint density at radius 3 is 2.76 bits per heavy atom. The number of carbonyl (C=O) groups is 1. The molecule has 0 fully saturated rings. The van der Waals surface area contributed by atoms with Crippen molar-refractivity contribution in [2.75, 3.05) is 12.4 Å². The van der Waals surface area contributed by atoms with E-state index in [1.807, 2.05) is 13.0 Å². The van der Waals surface area contributed by atoms with Crippen molar-refractivity contribution in [2.45, 2.75) is 33.3 Å². The van der Waals surface area contributed by atoms with Crippen LogP contribution in [0.3, 0.4) is 0 Å². The van der Waals surface area contributed by atoms with E-state index in [2.05, 4.69) is 19.2 Å². The average molecular weight is 235 g/mol. The van der Waals surface area contributed by atoms with E-state index in [0.717, 1.165) is 28.1 Å². The summed E-state index contributed by atoms with van der Waals surface area (Å²) in [5.74, 6) is 1.17. The monoisotopic (exact) mass is 235 g/mol. The summed E-state index contributed by atoms with van der Waals surface area (Å²) in [6, 6.07) is 1.96. The van der Waals surface area contributed by atoms with Gasteiger partial charge in [-0.2, -0.15) is 0 Å². The molecule has 1 N–H and O–H groups in total. The van der Waals surface area contributed by atoms with Crippen molar-refractivity contribution in [3.8, 4) is 5.75 Å². The standard InChI is InChI=1S/C13H17NO3/c1-7(2)11-9-6-17-13(15)14-12(9)8(3)5-10(11)16-4/h5,7H,6H2,1-4H3,(H,14,15). The quantitative estimate of drug-likeness (QED) is 0.856. The highest BCUT2D eigenvalue weighted by atomic mass is 16.5. The Bertz CT molecular complexity index is 466. The second kappa shape index (κ2) is 4.28. The molecule has 1 aliphatic heterocycles. The van der Waals surface area contributed by atoms with E-state index in [0.29, 0.717) is 12.5 Å². The predicted molar refractivity (Wildman–Crippen MR) is 65.6 cm³/mol. The Kier molecular flexibility index (Phi) is 2.96. The van der Waals surface area contributed by atoms with Crippen LogP contribution in [-0.2, 0) is 11.3 Å². The number of hydrogen-bond acceptors (Lipinski definition) is 3. The first-order valence-electron chi connectivity index (χ1n) is 5.68. The number of benzene rings is 1. The molecular weight excluding hydrogens is 218 g/mol. The fourth-order valence-electron chi connectivity index (χ4n) is 2.27. The summed E-state index contributed by atoms with van der Waals surface area (Å²) in [4.78, 5) is 11.2. The zero-order chi connectivity index (χ0) is 12.6. The Morgan fingerprint density at radius 1 is 1.47 bits per heavy atom. The van der Waals surface area contributed by atoms with Crippen molar-refractivity contribution in [1.29, 1.82) is 0 Å². The van der Waals surface area contributed by atoms with Gasteiger partial charge in [0, 0.05) is 11.1 Å². The van der Waals surface area contributed by atoms with Crippen molar-refractivity contribution in [3.05, 3.63) is 22.8 Å². The largest absolute Gasteiger partial charge is 0.496 e. The zero-order valence-electron chi connectivity index (χ0n) is 10.6. The third-order valence-corrected chi connectivity index (χ3v) is 3.01. The number of amides is 1. The van der Waals surface area contributed by atoms with Crippen LogP contribution in [-0.4, -0.2) is 13.2 Å². The molecule has 1 aliphatic rings. The molecule has 0 aromatic heterocycles. The first-order chi connectivity index (χ1) is 8.04. The summed E-state index contributed by atoms with van der Waals surface area (Å²) < 4.78 is 10.5. The number of ether oxygens (including phenoxy) is 2. The number of rotatable bonds is 2. The highest BCUT2D eigenvalue weighted by Gasteiger charge is 2.24. The number of hydrogen-bond donors (Lipinski definition) is 1. The normalized spacial score (nSPS) is 14.1. The average Bonchev–Trinajstić information content (AvgIpc) is 2.28. The SMILES string of the molecule is COc1cc(C)c2c(c1C(C)C)COC(=O)N2. The second-order valence-electron chi connectivity index (χ2n) is 4.52. The maximum Gasteiger partial charge on any atom is 0.411 e. The van der Waals surface area contributed by atoms with Crippen LogP contribution in [0.5, 0.6) is 5.75 Å². The van der Waals surface area contributed by atoms with Gasteiger partial charge in [-0.1, -0.05) is 13.8 Å². The van der Waals surface area contributed by atoms with Crippen molar-refractivity contribution >= 4 is 11.8 Å². The van der Waals surface area contributed by atoms with Gasteiger partial charge in [0.05, 0.1) is 12.8 Å². The van der Waals surface area contributed by atoms with Gasteiger partial charge in [-0.3, -0.25) is 5.32 Å². The van der Waals surface area contributed by atoms with E-state index < -0.39 is 0 Å². The molecule has 1 aromatic rings. The Morgan fingerprint density at radius 2 is 2.18 bits per heavy atom. The molecule has 4 heteroatoms. The minimum Gasteiger partial charge on any atom is -0.496 e. The molecule has 1 aromatic carbocycles. The summed E-state index contributed by atoms with van der Waals surface area (Å²) >= 11 is 0. The van der Waals surface area contributed by atoms with Gasteiger partial charge in [-0.05, 0) is 24.5 Å². The predicted octanol–water partition coefficient (Wildman–Crippen LogP) is 3.19. The Balaban J connectivity index is 2.65. The van der Waals surface area contributed by atoms with Gasteiger partial charge >= 0.3 is 6.09 Å². The van der Waals surface area contributed by atoms with Crippen molar-refractivity contribution < 1.29 is 14.3 Å². The fraction of sp³-hybridized carbons (Fsp3) is 0.462. The maximum atomic E-state index is 11.2. The van der Waals surface area contributed by atoms with Crippen molar-refractivity contribution in [2.24, 2.45) is 0 Å². The molecule has 4 nitrogen and oxygen atoms in total. The third kappa shape index (κ3) is 1.95. The summed E-state index contributed by atoms with van der Waals surface area (Å²) in [6.45, 7) is 6.47. The molecule has 1 amide bonds. The van der Waals surface area contributed by atoms with Crippen molar-refractivity contribution in [1.82, 2.24) is 0 Å².